The molecular formula is C22H33N3O4S. The molecule has 0 spiro atoms. The average molecular weight is 436 g/mol. The number of nitrogens with zero attached hydrogens (tertiary/aromatic N) is 3. The summed E-state index contributed by atoms with van der Waals surface area (Å²) in [6.45, 7) is 7.95. The van der Waals surface area contributed by atoms with Gasteiger partial charge in [0.05, 0.1) is 11.5 Å². The summed E-state index contributed by atoms with van der Waals surface area (Å²) in [6, 6.07) is 6.57. The normalized spacial score (nSPS) is 22.2. The first-order chi connectivity index (χ1) is 14.5. The van der Waals surface area contributed by atoms with Crippen LogP contribution in [0.2, 0.25) is 0 Å². The molecule has 0 bridgehead atoms. The lowest BCUT2D eigenvalue weighted by atomic mass is 9.96. The molecule has 1 aromatic carbocycles. The molecule has 1 amide bonds. The molecule has 1 aromatic rings. The average Bonchev–Trinajstić information content (AvgIpc) is 3.59. The molecule has 0 aromatic heterocycles. The molecule has 2 aliphatic heterocycles. The van der Waals surface area contributed by atoms with E-state index in [1.165, 1.54) is 23.7 Å². The summed E-state index contributed by atoms with van der Waals surface area (Å²) in [5.41, 5.74) is 0. The fraction of sp³-hybridized carbons (Fsp3) is 0.682. The van der Waals surface area contributed by atoms with Crippen LogP contribution in [0.4, 0.5) is 0 Å². The number of carbonyl (C=O) groups excluding carboxylic acids is 1. The maximum absolute atomic E-state index is 12.9. The highest BCUT2D eigenvalue weighted by atomic mass is 32.2. The summed E-state index contributed by atoms with van der Waals surface area (Å²) in [5.74, 6) is 1.69. The fourth-order valence-electron chi connectivity index (χ4n) is 4.44. The van der Waals surface area contributed by atoms with Crippen LogP contribution in [-0.4, -0.2) is 80.9 Å². The van der Waals surface area contributed by atoms with Crippen LogP contribution < -0.4 is 4.74 Å². The van der Waals surface area contributed by atoms with Crippen molar-refractivity contribution in [1.29, 1.82) is 0 Å². The zero-order chi connectivity index (χ0) is 21.1. The van der Waals surface area contributed by atoms with Gasteiger partial charge in [-0.05, 0) is 62.8 Å². The van der Waals surface area contributed by atoms with Crippen LogP contribution in [-0.2, 0) is 14.8 Å². The number of carbonyl (C=O) groups is 1. The Bertz CT molecular complexity index is 822. The van der Waals surface area contributed by atoms with Gasteiger partial charge in [0.1, 0.15) is 5.75 Å². The van der Waals surface area contributed by atoms with E-state index in [2.05, 4.69) is 4.90 Å². The standard InChI is InChI=1S/C22H33N3O4S/c1-2-29-20-5-7-21(8-6-20)30(27,28)25-11-9-19(10-12-25)22(26)24-15-13-23(14-16-24)17-18-3-4-18/h5-8,18-19H,2-4,9-17H2,1H3. The van der Waals surface area contributed by atoms with E-state index in [1.807, 2.05) is 11.8 Å². The second kappa shape index (κ2) is 9.24. The van der Waals surface area contributed by atoms with Crippen LogP contribution in [0.25, 0.3) is 0 Å². The van der Waals surface area contributed by atoms with E-state index in [-0.39, 0.29) is 16.7 Å². The van der Waals surface area contributed by atoms with Crippen molar-refractivity contribution in [3.05, 3.63) is 24.3 Å². The first-order valence-corrected chi connectivity index (χ1v) is 12.7. The van der Waals surface area contributed by atoms with Crippen molar-refractivity contribution in [2.75, 3.05) is 52.4 Å². The number of hydrogen-bond donors (Lipinski definition) is 0. The van der Waals surface area contributed by atoms with E-state index >= 15 is 0 Å². The smallest absolute Gasteiger partial charge is 0.243 e. The maximum Gasteiger partial charge on any atom is 0.243 e. The van der Waals surface area contributed by atoms with Crippen LogP contribution in [0.3, 0.4) is 0 Å². The summed E-state index contributed by atoms with van der Waals surface area (Å²) >= 11 is 0. The summed E-state index contributed by atoms with van der Waals surface area (Å²) in [7, 11) is -3.53. The largest absolute Gasteiger partial charge is 0.494 e. The molecule has 1 saturated carbocycles. The van der Waals surface area contributed by atoms with Crippen molar-refractivity contribution < 1.29 is 17.9 Å². The Labute approximate surface area is 180 Å². The van der Waals surface area contributed by atoms with E-state index in [0.717, 1.165) is 32.1 Å². The van der Waals surface area contributed by atoms with Gasteiger partial charge in [-0.15, -0.1) is 0 Å². The second-order valence-corrected chi connectivity index (χ2v) is 10.6. The van der Waals surface area contributed by atoms with Crippen LogP contribution in [0.15, 0.2) is 29.2 Å². The highest BCUT2D eigenvalue weighted by Gasteiger charge is 2.35. The van der Waals surface area contributed by atoms with Crippen molar-refractivity contribution in [2.24, 2.45) is 11.8 Å². The van der Waals surface area contributed by atoms with Crippen molar-refractivity contribution >= 4 is 15.9 Å². The van der Waals surface area contributed by atoms with Gasteiger partial charge >= 0.3 is 0 Å². The highest BCUT2D eigenvalue weighted by Crippen LogP contribution is 2.30. The van der Waals surface area contributed by atoms with Crippen LogP contribution in [0.1, 0.15) is 32.6 Å². The number of piperazine rings is 1. The number of hydrogen-bond acceptors (Lipinski definition) is 5. The van der Waals surface area contributed by atoms with E-state index < -0.39 is 10.0 Å². The summed E-state index contributed by atoms with van der Waals surface area (Å²) < 4.78 is 32.8. The number of amides is 1. The lowest BCUT2D eigenvalue weighted by Gasteiger charge is -2.38. The third-order valence-corrected chi connectivity index (χ3v) is 8.39. The van der Waals surface area contributed by atoms with Gasteiger partial charge in [-0.3, -0.25) is 9.69 Å². The summed E-state index contributed by atoms with van der Waals surface area (Å²) in [6.07, 6.45) is 3.91. The molecule has 3 fully saturated rings. The first-order valence-electron chi connectivity index (χ1n) is 11.2. The lowest BCUT2D eigenvalue weighted by Crippen LogP contribution is -2.52. The first kappa shape index (κ1) is 21.6. The monoisotopic (exact) mass is 435 g/mol. The predicted molar refractivity (Wildman–Crippen MR) is 115 cm³/mol. The van der Waals surface area contributed by atoms with Gasteiger partial charge in [-0.25, -0.2) is 8.42 Å². The molecule has 0 unspecified atom stereocenters. The van der Waals surface area contributed by atoms with E-state index in [0.29, 0.717) is 38.3 Å². The van der Waals surface area contributed by atoms with Gasteiger partial charge in [-0.1, -0.05) is 0 Å². The quantitative estimate of drug-likeness (QED) is 0.656. The molecule has 2 saturated heterocycles. The van der Waals surface area contributed by atoms with Gasteiger partial charge in [-0.2, -0.15) is 4.31 Å². The SMILES string of the molecule is CCOc1ccc(S(=O)(=O)N2CCC(C(=O)N3CCN(CC4CC4)CC3)CC2)cc1. The molecule has 0 atom stereocenters. The van der Waals surface area contributed by atoms with Gasteiger partial charge in [0.25, 0.3) is 0 Å². The van der Waals surface area contributed by atoms with Crippen molar-refractivity contribution in [1.82, 2.24) is 14.1 Å². The Morgan fingerprint density at radius 3 is 2.17 bits per heavy atom. The molecule has 166 valence electrons. The molecule has 1 aliphatic carbocycles. The Morgan fingerprint density at radius 2 is 1.60 bits per heavy atom. The van der Waals surface area contributed by atoms with E-state index in [1.54, 1.807) is 24.3 Å². The highest BCUT2D eigenvalue weighted by molar-refractivity contribution is 7.89. The fourth-order valence-corrected chi connectivity index (χ4v) is 5.91. The molecule has 30 heavy (non-hydrogen) atoms. The van der Waals surface area contributed by atoms with E-state index in [9.17, 15) is 13.2 Å². The summed E-state index contributed by atoms with van der Waals surface area (Å²) in [4.78, 5) is 17.7. The molecule has 4 rings (SSSR count). The summed E-state index contributed by atoms with van der Waals surface area (Å²) in [5, 5.41) is 0. The minimum absolute atomic E-state index is 0.0632. The molecule has 0 radical (unpaired) electrons. The van der Waals surface area contributed by atoms with Crippen molar-refractivity contribution in [2.45, 2.75) is 37.5 Å². The zero-order valence-electron chi connectivity index (χ0n) is 17.8. The number of ether oxygens (including phenoxy) is 1. The van der Waals surface area contributed by atoms with Gasteiger partial charge in [0, 0.05) is 51.7 Å². The lowest BCUT2D eigenvalue weighted by molar-refractivity contribution is -0.138. The van der Waals surface area contributed by atoms with Gasteiger partial charge in [0.15, 0.2) is 0 Å². The van der Waals surface area contributed by atoms with Gasteiger partial charge < -0.3 is 9.64 Å². The maximum atomic E-state index is 12.9. The minimum atomic E-state index is -3.53. The van der Waals surface area contributed by atoms with Crippen molar-refractivity contribution in [3.8, 4) is 5.75 Å². The van der Waals surface area contributed by atoms with Crippen LogP contribution in [0, 0.1) is 11.8 Å². The van der Waals surface area contributed by atoms with Crippen LogP contribution in [0.5, 0.6) is 5.75 Å². The van der Waals surface area contributed by atoms with Crippen molar-refractivity contribution in [3.63, 3.8) is 0 Å². The molecule has 2 heterocycles. The Balaban J connectivity index is 1.28. The molecular weight excluding hydrogens is 402 g/mol. The number of piperidine rings is 1. The molecule has 0 N–H and O–H groups in total. The number of sulfonamides is 1. The zero-order valence-corrected chi connectivity index (χ0v) is 18.6. The topological polar surface area (TPSA) is 70.2 Å². The third-order valence-electron chi connectivity index (χ3n) is 6.47. The third kappa shape index (κ3) is 4.98. The van der Waals surface area contributed by atoms with Crippen LogP contribution >= 0.6 is 0 Å². The Kier molecular flexibility index (Phi) is 6.65. The second-order valence-electron chi connectivity index (χ2n) is 8.65. The molecule has 8 heteroatoms. The minimum Gasteiger partial charge on any atom is -0.494 e. The van der Waals surface area contributed by atoms with Gasteiger partial charge in [0.2, 0.25) is 15.9 Å². The van der Waals surface area contributed by atoms with E-state index in [4.69, 9.17) is 4.74 Å². The number of benzene rings is 1. The Morgan fingerprint density at radius 1 is 0.967 bits per heavy atom. The predicted octanol–water partition coefficient (Wildman–Crippen LogP) is 2.04. The number of rotatable bonds is 7. The molecule has 3 aliphatic rings. The molecule has 7 nitrogen and oxygen atoms in total. The Hall–Kier alpha value is -1.64.